The van der Waals surface area contributed by atoms with E-state index in [2.05, 4.69) is 5.32 Å². The first-order valence-electron chi connectivity index (χ1n) is 5.91. The van der Waals surface area contributed by atoms with Crippen LogP contribution in [-0.2, 0) is 19.6 Å². The summed E-state index contributed by atoms with van der Waals surface area (Å²) in [4.78, 5) is 11.4. The maximum absolute atomic E-state index is 11.9. The second-order valence-corrected chi connectivity index (χ2v) is 6.32. The van der Waals surface area contributed by atoms with E-state index < -0.39 is 10.0 Å². The Balaban J connectivity index is 2.39. The number of morpholine rings is 1. The maximum Gasteiger partial charge on any atom is 0.221 e. The lowest BCUT2D eigenvalue weighted by molar-refractivity contribution is -0.121. The van der Waals surface area contributed by atoms with E-state index in [-0.39, 0.29) is 30.7 Å². The Morgan fingerprint density at radius 2 is 2.06 bits per heavy atom. The third-order valence-electron chi connectivity index (χ3n) is 2.63. The number of nitrogens with zero attached hydrogens (tertiary/aromatic N) is 1. The van der Waals surface area contributed by atoms with E-state index in [4.69, 9.17) is 9.84 Å². The van der Waals surface area contributed by atoms with E-state index >= 15 is 0 Å². The Bertz CT molecular complexity index is 364. The van der Waals surface area contributed by atoms with Crippen molar-refractivity contribution in [3.63, 3.8) is 0 Å². The zero-order valence-corrected chi connectivity index (χ0v) is 11.3. The summed E-state index contributed by atoms with van der Waals surface area (Å²) in [6, 6.07) is -0.358. The zero-order chi connectivity index (χ0) is 13.6. The van der Waals surface area contributed by atoms with Crippen LogP contribution in [-0.4, -0.2) is 68.4 Å². The van der Waals surface area contributed by atoms with Crippen LogP contribution in [0.5, 0.6) is 0 Å². The minimum absolute atomic E-state index is 0.0932. The molecule has 0 aromatic heterocycles. The van der Waals surface area contributed by atoms with E-state index in [1.165, 1.54) is 4.31 Å². The van der Waals surface area contributed by atoms with Crippen molar-refractivity contribution in [2.45, 2.75) is 19.4 Å². The molecule has 2 N–H and O–H groups in total. The molecule has 1 saturated heterocycles. The molecule has 0 aromatic carbocycles. The molecule has 1 atom stereocenters. The molecule has 1 rings (SSSR count). The molecule has 0 aliphatic carbocycles. The summed E-state index contributed by atoms with van der Waals surface area (Å²) in [5.41, 5.74) is 0. The lowest BCUT2D eigenvalue weighted by atomic mass is 10.3. The van der Waals surface area contributed by atoms with Crippen molar-refractivity contribution in [2.75, 3.05) is 38.7 Å². The number of aliphatic hydroxyl groups excluding tert-OH is 1. The molecule has 0 bridgehead atoms. The van der Waals surface area contributed by atoms with Crippen LogP contribution in [0.3, 0.4) is 0 Å². The van der Waals surface area contributed by atoms with Crippen molar-refractivity contribution in [3.05, 3.63) is 0 Å². The molecule has 0 spiro atoms. The van der Waals surface area contributed by atoms with E-state index in [1.807, 2.05) is 0 Å². The summed E-state index contributed by atoms with van der Waals surface area (Å²) < 4.78 is 30.2. The fourth-order valence-electron chi connectivity index (χ4n) is 1.57. The summed E-state index contributed by atoms with van der Waals surface area (Å²) in [7, 11) is -3.39. The van der Waals surface area contributed by atoms with Gasteiger partial charge in [0.1, 0.15) is 0 Å². The largest absolute Gasteiger partial charge is 0.394 e. The van der Waals surface area contributed by atoms with Crippen LogP contribution >= 0.6 is 0 Å². The van der Waals surface area contributed by atoms with Gasteiger partial charge in [-0.25, -0.2) is 8.42 Å². The van der Waals surface area contributed by atoms with Crippen LogP contribution in [0.1, 0.15) is 13.3 Å². The van der Waals surface area contributed by atoms with Gasteiger partial charge in [-0.2, -0.15) is 4.31 Å². The van der Waals surface area contributed by atoms with Crippen LogP contribution in [0.15, 0.2) is 0 Å². The highest BCUT2D eigenvalue weighted by Gasteiger charge is 2.24. The lowest BCUT2D eigenvalue weighted by Crippen LogP contribution is -2.43. The van der Waals surface area contributed by atoms with Crippen LogP contribution in [0.4, 0.5) is 0 Å². The molecule has 0 radical (unpaired) electrons. The van der Waals surface area contributed by atoms with E-state index in [9.17, 15) is 13.2 Å². The Labute approximate surface area is 107 Å². The molecule has 1 aliphatic heterocycles. The number of hydrogen-bond acceptors (Lipinski definition) is 5. The molecule has 18 heavy (non-hydrogen) atoms. The van der Waals surface area contributed by atoms with Crippen molar-refractivity contribution < 1.29 is 23.1 Å². The number of hydrogen-bond donors (Lipinski definition) is 2. The van der Waals surface area contributed by atoms with Gasteiger partial charge in [0.25, 0.3) is 0 Å². The molecule has 0 aromatic rings. The fraction of sp³-hybridized carbons (Fsp3) is 0.900. The number of nitrogens with one attached hydrogen (secondary N) is 1. The molecular formula is C10H20N2O5S. The number of aliphatic hydroxyl groups is 1. The monoisotopic (exact) mass is 280 g/mol. The Kier molecular flexibility index (Phi) is 6.00. The molecule has 1 fully saturated rings. The zero-order valence-electron chi connectivity index (χ0n) is 10.5. The van der Waals surface area contributed by atoms with E-state index in [1.54, 1.807) is 6.92 Å². The number of carbonyl (C=O) groups excluding carboxylic acids is 1. The Hall–Kier alpha value is -0.700. The molecule has 8 heteroatoms. The summed E-state index contributed by atoms with van der Waals surface area (Å²) >= 11 is 0. The average molecular weight is 280 g/mol. The molecule has 1 amide bonds. The van der Waals surface area contributed by atoms with Crippen LogP contribution in [0, 0.1) is 0 Å². The molecule has 0 unspecified atom stereocenters. The summed E-state index contributed by atoms with van der Waals surface area (Å²) in [6.45, 7) is 2.96. The van der Waals surface area contributed by atoms with Crippen molar-refractivity contribution in [3.8, 4) is 0 Å². The van der Waals surface area contributed by atoms with Crippen LogP contribution in [0.2, 0.25) is 0 Å². The lowest BCUT2D eigenvalue weighted by Gasteiger charge is -2.25. The Morgan fingerprint density at radius 1 is 1.44 bits per heavy atom. The molecule has 1 heterocycles. The minimum atomic E-state index is -3.39. The topological polar surface area (TPSA) is 95.9 Å². The predicted molar refractivity (Wildman–Crippen MR) is 65.5 cm³/mol. The third kappa shape index (κ3) is 4.89. The van der Waals surface area contributed by atoms with Gasteiger partial charge in [-0.1, -0.05) is 0 Å². The highest BCUT2D eigenvalue weighted by atomic mass is 32.2. The number of rotatable bonds is 6. The first kappa shape index (κ1) is 15.4. The summed E-state index contributed by atoms with van der Waals surface area (Å²) in [6.07, 6.45) is -0.0932. The quantitative estimate of drug-likeness (QED) is 0.619. The van der Waals surface area contributed by atoms with Gasteiger partial charge in [-0.15, -0.1) is 0 Å². The molecule has 7 nitrogen and oxygen atoms in total. The second kappa shape index (κ2) is 7.03. The highest BCUT2D eigenvalue weighted by molar-refractivity contribution is 7.89. The SMILES string of the molecule is C[C@H](CO)NC(=O)CCS(=O)(=O)N1CCOCC1. The van der Waals surface area contributed by atoms with E-state index in [0.29, 0.717) is 26.3 Å². The number of sulfonamides is 1. The van der Waals surface area contributed by atoms with Gasteiger partial charge in [0.15, 0.2) is 0 Å². The van der Waals surface area contributed by atoms with Crippen LogP contribution in [0.25, 0.3) is 0 Å². The molecule has 106 valence electrons. The van der Waals surface area contributed by atoms with Gasteiger partial charge >= 0.3 is 0 Å². The predicted octanol–water partition coefficient (Wildman–Crippen LogP) is -1.46. The molecule has 0 saturated carbocycles. The number of amides is 1. The van der Waals surface area contributed by atoms with Crippen molar-refractivity contribution in [2.24, 2.45) is 0 Å². The van der Waals surface area contributed by atoms with Crippen molar-refractivity contribution in [1.29, 1.82) is 0 Å². The first-order chi connectivity index (χ1) is 8.45. The normalized spacial score (nSPS) is 19.4. The van der Waals surface area contributed by atoms with Gasteiger partial charge in [0.2, 0.25) is 15.9 Å². The number of carbonyl (C=O) groups is 1. The van der Waals surface area contributed by atoms with E-state index in [0.717, 1.165) is 0 Å². The highest BCUT2D eigenvalue weighted by Crippen LogP contribution is 2.06. The first-order valence-corrected chi connectivity index (χ1v) is 7.52. The Morgan fingerprint density at radius 3 is 2.61 bits per heavy atom. The summed E-state index contributed by atoms with van der Waals surface area (Å²) in [5.74, 6) is -0.579. The smallest absolute Gasteiger partial charge is 0.221 e. The van der Waals surface area contributed by atoms with Gasteiger partial charge in [0.05, 0.1) is 25.6 Å². The number of ether oxygens (including phenoxy) is 1. The molecular weight excluding hydrogens is 260 g/mol. The maximum atomic E-state index is 11.9. The average Bonchev–Trinajstić information content (AvgIpc) is 2.37. The van der Waals surface area contributed by atoms with Gasteiger partial charge < -0.3 is 15.2 Å². The van der Waals surface area contributed by atoms with Crippen molar-refractivity contribution >= 4 is 15.9 Å². The van der Waals surface area contributed by atoms with Crippen molar-refractivity contribution in [1.82, 2.24) is 9.62 Å². The van der Waals surface area contributed by atoms with Gasteiger partial charge in [0, 0.05) is 25.6 Å². The fourth-order valence-corrected chi connectivity index (χ4v) is 2.98. The molecule has 1 aliphatic rings. The van der Waals surface area contributed by atoms with Crippen LogP contribution < -0.4 is 5.32 Å². The summed E-state index contributed by atoms with van der Waals surface area (Å²) in [5, 5.41) is 11.3. The van der Waals surface area contributed by atoms with Gasteiger partial charge in [-0.3, -0.25) is 4.79 Å². The standard InChI is InChI=1S/C10H20N2O5S/c1-9(8-13)11-10(14)2-7-18(15,16)12-3-5-17-6-4-12/h9,13H,2-8H2,1H3,(H,11,14)/t9-/m1/s1. The second-order valence-electron chi connectivity index (χ2n) is 4.23. The van der Waals surface area contributed by atoms with Gasteiger partial charge in [-0.05, 0) is 6.92 Å². The minimum Gasteiger partial charge on any atom is -0.394 e. The third-order valence-corrected chi connectivity index (χ3v) is 4.50.